The lowest BCUT2D eigenvalue weighted by atomic mass is 9.87. The van der Waals surface area contributed by atoms with Crippen LogP contribution in [0.1, 0.15) is 51.2 Å². The minimum Gasteiger partial charge on any atom is -0.355 e. The van der Waals surface area contributed by atoms with Crippen molar-refractivity contribution in [2.75, 3.05) is 6.54 Å². The van der Waals surface area contributed by atoms with Crippen LogP contribution in [0.25, 0.3) is 0 Å². The van der Waals surface area contributed by atoms with Gasteiger partial charge in [0, 0.05) is 13.1 Å². The van der Waals surface area contributed by atoms with E-state index in [4.69, 9.17) is 0 Å². The second-order valence-electron chi connectivity index (χ2n) is 6.67. The van der Waals surface area contributed by atoms with E-state index in [1.54, 1.807) is 0 Å². The van der Waals surface area contributed by atoms with Crippen LogP contribution >= 0.6 is 0 Å². The zero-order chi connectivity index (χ0) is 14.6. The predicted molar refractivity (Wildman–Crippen MR) is 82.6 cm³/mol. The van der Waals surface area contributed by atoms with Crippen LogP contribution in [0, 0.1) is 0 Å². The number of rotatable bonds is 3. The molecule has 1 unspecified atom stereocenters. The minimum atomic E-state index is -0.0419. The van der Waals surface area contributed by atoms with E-state index in [2.05, 4.69) is 55.7 Å². The average molecular weight is 274 g/mol. The smallest absolute Gasteiger partial charge is 0.237 e. The third-order valence-corrected chi connectivity index (χ3v) is 3.91. The number of nitrogens with one attached hydrogen (secondary N) is 2. The quantitative estimate of drug-likeness (QED) is 0.890. The SMILES string of the molecule is CC(C)(C)c1ccc(CNC2CCCCNC2=O)cc1. The number of carbonyl (C=O) groups is 1. The van der Waals surface area contributed by atoms with Crippen LogP contribution in [-0.2, 0) is 16.8 Å². The van der Waals surface area contributed by atoms with Crippen molar-refractivity contribution < 1.29 is 4.79 Å². The van der Waals surface area contributed by atoms with Crippen LogP contribution in [0.3, 0.4) is 0 Å². The highest BCUT2D eigenvalue weighted by Gasteiger charge is 2.19. The summed E-state index contributed by atoms with van der Waals surface area (Å²) in [6.07, 6.45) is 3.13. The molecule has 0 aliphatic carbocycles. The highest BCUT2D eigenvalue weighted by molar-refractivity contribution is 5.81. The van der Waals surface area contributed by atoms with E-state index in [-0.39, 0.29) is 17.4 Å². The molecule has 110 valence electrons. The lowest BCUT2D eigenvalue weighted by Crippen LogP contribution is -2.42. The second kappa shape index (κ2) is 6.40. The second-order valence-corrected chi connectivity index (χ2v) is 6.67. The van der Waals surface area contributed by atoms with Gasteiger partial charge in [-0.05, 0) is 35.8 Å². The number of hydrogen-bond acceptors (Lipinski definition) is 2. The van der Waals surface area contributed by atoms with Gasteiger partial charge in [-0.25, -0.2) is 0 Å². The molecule has 3 heteroatoms. The number of benzene rings is 1. The molecule has 2 N–H and O–H groups in total. The Bertz CT molecular complexity index is 445. The molecule has 2 rings (SSSR count). The average Bonchev–Trinajstić information content (AvgIpc) is 2.61. The van der Waals surface area contributed by atoms with Crippen molar-refractivity contribution in [3.8, 4) is 0 Å². The molecule has 3 nitrogen and oxygen atoms in total. The summed E-state index contributed by atoms with van der Waals surface area (Å²) < 4.78 is 0. The molecule has 0 saturated carbocycles. The molecule has 0 bridgehead atoms. The molecule has 1 aliphatic rings. The number of hydrogen-bond donors (Lipinski definition) is 2. The van der Waals surface area contributed by atoms with Gasteiger partial charge in [-0.2, -0.15) is 0 Å². The molecule has 0 spiro atoms. The lowest BCUT2D eigenvalue weighted by Gasteiger charge is -2.20. The van der Waals surface area contributed by atoms with Gasteiger partial charge in [-0.15, -0.1) is 0 Å². The molecule has 0 radical (unpaired) electrons. The van der Waals surface area contributed by atoms with Gasteiger partial charge in [0.05, 0.1) is 6.04 Å². The van der Waals surface area contributed by atoms with Crippen LogP contribution in [0.15, 0.2) is 24.3 Å². The fourth-order valence-electron chi connectivity index (χ4n) is 2.50. The van der Waals surface area contributed by atoms with Gasteiger partial charge in [0.25, 0.3) is 0 Å². The summed E-state index contributed by atoms with van der Waals surface area (Å²) in [6.45, 7) is 8.22. The van der Waals surface area contributed by atoms with Crippen molar-refractivity contribution in [2.24, 2.45) is 0 Å². The molecule has 1 heterocycles. The van der Waals surface area contributed by atoms with Crippen molar-refractivity contribution in [1.29, 1.82) is 0 Å². The Morgan fingerprint density at radius 1 is 1.20 bits per heavy atom. The van der Waals surface area contributed by atoms with Crippen molar-refractivity contribution in [2.45, 2.75) is 58.0 Å². The third-order valence-electron chi connectivity index (χ3n) is 3.91. The minimum absolute atomic E-state index is 0.0419. The normalized spacial score (nSPS) is 20.4. The van der Waals surface area contributed by atoms with Gasteiger partial charge in [-0.1, -0.05) is 45.0 Å². The van der Waals surface area contributed by atoms with Crippen molar-refractivity contribution in [1.82, 2.24) is 10.6 Å². The molecule has 1 aliphatic heterocycles. The maximum absolute atomic E-state index is 11.8. The molecular formula is C17H26N2O. The summed E-state index contributed by atoms with van der Waals surface area (Å²) >= 11 is 0. The summed E-state index contributed by atoms with van der Waals surface area (Å²) in [7, 11) is 0. The summed E-state index contributed by atoms with van der Waals surface area (Å²) in [4.78, 5) is 11.8. The largest absolute Gasteiger partial charge is 0.355 e. The first-order valence-electron chi connectivity index (χ1n) is 7.57. The Labute approximate surface area is 122 Å². The van der Waals surface area contributed by atoms with E-state index in [1.807, 2.05) is 0 Å². The molecule has 20 heavy (non-hydrogen) atoms. The lowest BCUT2D eigenvalue weighted by molar-refractivity contribution is -0.122. The zero-order valence-corrected chi connectivity index (χ0v) is 12.8. The highest BCUT2D eigenvalue weighted by Crippen LogP contribution is 2.22. The molecule has 1 atom stereocenters. The van der Waals surface area contributed by atoms with Gasteiger partial charge < -0.3 is 10.6 Å². The predicted octanol–water partition coefficient (Wildman–Crippen LogP) is 2.74. The van der Waals surface area contributed by atoms with E-state index in [0.717, 1.165) is 32.4 Å². The summed E-state index contributed by atoms with van der Waals surface area (Å²) in [5, 5.41) is 6.33. The number of carbonyl (C=O) groups excluding carboxylic acids is 1. The zero-order valence-electron chi connectivity index (χ0n) is 12.8. The Morgan fingerprint density at radius 2 is 1.90 bits per heavy atom. The van der Waals surface area contributed by atoms with E-state index >= 15 is 0 Å². The molecule has 0 aromatic heterocycles. The van der Waals surface area contributed by atoms with Gasteiger partial charge in [0.15, 0.2) is 0 Å². The summed E-state index contributed by atoms with van der Waals surface area (Å²) in [5.74, 6) is 0.147. The van der Waals surface area contributed by atoms with Crippen LogP contribution < -0.4 is 10.6 Å². The van der Waals surface area contributed by atoms with Gasteiger partial charge >= 0.3 is 0 Å². The van der Waals surface area contributed by atoms with Crippen molar-refractivity contribution in [3.05, 3.63) is 35.4 Å². The van der Waals surface area contributed by atoms with Gasteiger partial charge in [0.1, 0.15) is 0 Å². The fraction of sp³-hybridized carbons (Fsp3) is 0.588. The Morgan fingerprint density at radius 3 is 2.55 bits per heavy atom. The van der Waals surface area contributed by atoms with Crippen molar-refractivity contribution in [3.63, 3.8) is 0 Å². The van der Waals surface area contributed by atoms with Crippen molar-refractivity contribution >= 4 is 5.91 Å². The fourth-order valence-corrected chi connectivity index (χ4v) is 2.50. The van der Waals surface area contributed by atoms with Gasteiger partial charge in [0.2, 0.25) is 5.91 Å². The first-order valence-corrected chi connectivity index (χ1v) is 7.57. The van der Waals surface area contributed by atoms with Crippen LogP contribution in [0.2, 0.25) is 0 Å². The Kier molecular flexibility index (Phi) is 4.81. The molecular weight excluding hydrogens is 248 g/mol. The molecule has 1 fully saturated rings. The topological polar surface area (TPSA) is 41.1 Å². The maximum atomic E-state index is 11.8. The van der Waals surface area contributed by atoms with E-state index in [0.29, 0.717) is 0 Å². The van der Waals surface area contributed by atoms with Crippen LogP contribution in [0.4, 0.5) is 0 Å². The monoisotopic (exact) mass is 274 g/mol. The van der Waals surface area contributed by atoms with Crippen LogP contribution in [-0.4, -0.2) is 18.5 Å². The molecule has 1 aromatic rings. The first kappa shape index (κ1) is 15.0. The van der Waals surface area contributed by atoms with Crippen LogP contribution in [0.5, 0.6) is 0 Å². The number of amides is 1. The molecule has 1 aromatic carbocycles. The Balaban J connectivity index is 1.92. The highest BCUT2D eigenvalue weighted by atomic mass is 16.2. The van der Waals surface area contributed by atoms with E-state index < -0.39 is 0 Å². The van der Waals surface area contributed by atoms with E-state index in [9.17, 15) is 4.79 Å². The summed E-state index contributed by atoms with van der Waals surface area (Å²) in [5.41, 5.74) is 2.76. The Hall–Kier alpha value is -1.35. The maximum Gasteiger partial charge on any atom is 0.237 e. The standard InChI is InChI=1S/C17H26N2O/c1-17(2,3)14-9-7-13(8-10-14)12-19-15-6-4-5-11-18-16(15)20/h7-10,15,19H,4-6,11-12H2,1-3H3,(H,18,20). The first-order chi connectivity index (χ1) is 9.47. The molecule has 1 saturated heterocycles. The van der Waals surface area contributed by atoms with E-state index in [1.165, 1.54) is 11.1 Å². The summed E-state index contributed by atoms with van der Waals surface area (Å²) in [6, 6.07) is 8.64. The third kappa shape index (κ3) is 4.07. The molecule has 1 amide bonds. The van der Waals surface area contributed by atoms with Gasteiger partial charge in [-0.3, -0.25) is 4.79 Å².